The molecular formula is C17H19N3O5S. The number of sulfonamides is 1. The molecule has 0 fully saturated rings. The second-order valence-corrected chi connectivity index (χ2v) is 6.81. The summed E-state index contributed by atoms with van der Waals surface area (Å²) in [5.41, 5.74) is 3.06. The normalized spacial score (nSPS) is 11.3. The van der Waals surface area contributed by atoms with Crippen LogP contribution >= 0.6 is 0 Å². The monoisotopic (exact) mass is 377 g/mol. The van der Waals surface area contributed by atoms with Crippen LogP contribution < -0.4 is 19.6 Å². The van der Waals surface area contributed by atoms with E-state index < -0.39 is 22.5 Å². The molecule has 2 N–H and O–H groups in total. The van der Waals surface area contributed by atoms with Crippen LogP contribution in [0.4, 0.5) is 0 Å². The Morgan fingerprint density at radius 1 is 1.08 bits per heavy atom. The summed E-state index contributed by atoms with van der Waals surface area (Å²) in [5, 5.41) is 3.77. The first kappa shape index (κ1) is 19.4. The number of nitrogens with zero attached hydrogens (tertiary/aromatic N) is 1. The third-order valence-corrected chi connectivity index (χ3v) is 4.69. The first-order valence-corrected chi connectivity index (χ1v) is 9.03. The van der Waals surface area contributed by atoms with E-state index in [4.69, 9.17) is 9.47 Å². The molecule has 0 radical (unpaired) electrons. The van der Waals surface area contributed by atoms with E-state index in [0.29, 0.717) is 5.75 Å². The maximum Gasteiger partial charge on any atom is 0.255 e. The fourth-order valence-electron chi connectivity index (χ4n) is 1.99. The van der Waals surface area contributed by atoms with Crippen molar-refractivity contribution in [3.8, 4) is 11.5 Å². The highest BCUT2D eigenvalue weighted by Gasteiger charge is 2.18. The van der Waals surface area contributed by atoms with Gasteiger partial charge in [0, 0.05) is 6.07 Å². The number of rotatable bonds is 8. The maximum absolute atomic E-state index is 12.3. The third-order valence-electron chi connectivity index (χ3n) is 3.29. The minimum absolute atomic E-state index is 0.0456. The first-order valence-electron chi connectivity index (χ1n) is 7.55. The van der Waals surface area contributed by atoms with E-state index in [2.05, 4.69) is 15.2 Å². The summed E-state index contributed by atoms with van der Waals surface area (Å²) in [4.78, 5) is 11.7. The van der Waals surface area contributed by atoms with Gasteiger partial charge in [-0.15, -0.1) is 0 Å². The van der Waals surface area contributed by atoms with Gasteiger partial charge < -0.3 is 9.47 Å². The number of nitrogens with one attached hydrogen (secondary N) is 2. The van der Waals surface area contributed by atoms with Gasteiger partial charge in [0.15, 0.2) is 11.5 Å². The summed E-state index contributed by atoms with van der Waals surface area (Å²) in [6.45, 7) is -0.456. The molecule has 138 valence electrons. The zero-order chi connectivity index (χ0) is 19.0. The van der Waals surface area contributed by atoms with E-state index >= 15 is 0 Å². The van der Waals surface area contributed by atoms with Crippen LogP contribution in [0.3, 0.4) is 0 Å². The number of carbonyl (C=O) groups excluding carboxylic acids is 1. The molecule has 2 rings (SSSR count). The van der Waals surface area contributed by atoms with E-state index in [1.165, 1.54) is 38.6 Å². The lowest BCUT2D eigenvalue weighted by molar-refractivity contribution is -0.119. The standard InChI is InChI=1S/C17H19N3O5S/c1-24-15-9-8-14(10-16(15)25-2)26(22,23)19-12-17(21)20-18-11-13-6-4-3-5-7-13/h3-11,19H,12H2,1-2H3,(H,20,21)/b18-11-. The number of hydrogen-bond acceptors (Lipinski definition) is 6. The van der Waals surface area contributed by atoms with Crippen LogP contribution in [0.15, 0.2) is 58.5 Å². The largest absolute Gasteiger partial charge is 0.493 e. The number of carbonyl (C=O) groups is 1. The highest BCUT2D eigenvalue weighted by molar-refractivity contribution is 7.89. The number of ether oxygens (including phenoxy) is 2. The van der Waals surface area contributed by atoms with Gasteiger partial charge >= 0.3 is 0 Å². The average Bonchev–Trinajstić information content (AvgIpc) is 2.66. The van der Waals surface area contributed by atoms with Crippen molar-refractivity contribution in [2.24, 2.45) is 5.10 Å². The van der Waals surface area contributed by atoms with Gasteiger partial charge in [-0.25, -0.2) is 18.6 Å². The van der Waals surface area contributed by atoms with Gasteiger partial charge in [0.25, 0.3) is 5.91 Å². The third kappa shape index (κ3) is 5.30. The van der Waals surface area contributed by atoms with Crippen molar-refractivity contribution in [1.29, 1.82) is 0 Å². The minimum Gasteiger partial charge on any atom is -0.493 e. The smallest absolute Gasteiger partial charge is 0.255 e. The Bertz CT molecular complexity index is 883. The summed E-state index contributed by atoms with van der Waals surface area (Å²) < 4.78 is 36.9. The summed E-state index contributed by atoms with van der Waals surface area (Å²) in [6, 6.07) is 13.3. The van der Waals surface area contributed by atoms with Gasteiger partial charge in [0.05, 0.1) is 31.9 Å². The molecule has 0 aliphatic rings. The number of methoxy groups -OCH3 is 2. The molecule has 9 heteroatoms. The second-order valence-electron chi connectivity index (χ2n) is 5.05. The molecule has 0 aromatic heterocycles. The molecule has 0 aliphatic carbocycles. The van der Waals surface area contributed by atoms with Crippen molar-refractivity contribution >= 4 is 22.1 Å². The predicted molar refractivity (Wildman–Crippen MR) is 96.9 cm³/mol. The van der Waals surface area contributed by atoms with Gasteiger partial charge in [-0.3, -0.25) is 4.79 Å². The van der Waals surface area contributed by atoms with Crippen LogP contribution in [-0.4, -0.2) is 41.3 Å². The maximum atomic E-state index is 12.3. The number of amides is 1. The molecule has 0 atom stereocenters. The Hall–Kier alpha value is -2.91. The van der Waals surface area contributed by atoms with Crippen molar-refractivity contribution < 1.29 is 22.7 Å². The molecule has 2 aromatic rings. The van der Waals surface area contributed by atoms with Gasteiger partial charge in [-0.2, -0.15) is 5.10 Å². The van der Waals surface area contributed by atoms with Crippen molar-refractivity contribution in [1.82, 2.24) is 10.1 Å². The minimum atomic E-state index is -3.89. The lowest BCUT2D eigenvalue weighted by atomic mass is 10.2. The van der Waals surface area contributed by atoms with Gasteiger partial charge in [-0.05, 0) is 17.7 Å². The molecular weight excluding hydrogens is 358 g/mol. The van der Waals surface area contributed by atoms with Crippen molar-refractivity contribution in [2.75, 3.05) is 20.8 Å². The fraction of sp³-hybridized carbons (Fsp3) is 0.176. The van der Waals surface area contributed by atoms with Crippen LogP contribution in [0, 0.1) is 0 Å². The summed E-state index contributed by atoms with van der Waals surface area (Å²) in [6.07, 6.45) is 1.46. The van der Waals surface area contributed by atoms with Crippen molar-refractivity contribution in [3.63, 3.8) is 0 Å². The molecule has 0 bridgehead atoms. The fourth-order valence-corrected chi connectivity index (χ4v) is 2.98. The van der Waals surface area contributed by atoms with Gasteiger partial charge in [-0.1, -0.05) is 30.3 Å². The molecule has 26 heavy (non-hydrogen) atoms. The molecule has 0 spiro atoms. The SMILES string of the molecule is COc1ccc(S(=O)(=O)NCC(=O)N/N=C\c2ccccc2)cc1OC. The number of benzene rings is 2. The van der Waals surface area contributed by atoms with Crippen LogP contribution in [0.25, 0.3) is 0 Å². The first-order chi connectivity index (χ1) is 12.5. The summed E-state index contributed by atoms with van der Waals surface area (Å²) in [7, 11) is -1.04. The molecule has 0 saturated heterocycles. The highest BCUT2D eigenvalue weighted by Crippen LogP contribution is 2.29. The second kappa shape index (κ2) is 8.97. The number of hydrazone groups is 1. The molecule has 8 nitrogen and oxygen atoms in total. The zero-order valence-corrected chi connectivity index (χ0v) is 15.1. The quantitative estimate of drug-likeness (QED) is 0.530. The molecule has 0 heterocycles. The van der Waals surface area contributed by atoms with E-state index in [0.717, 1.165) is 5.56 Å². The average molecular weight is 377 g/mol. The molecule has 1 amide bonds. The zero-order valence-electron chi connectivity index (χ0n) is 14.3. The van der Waals surface area contributed by atoms with Crippen LogP contribution in [-0.2, 0) is 14.8 Å². The van der Waals surface area contributed by atoms with Crippen molar-refractivity contribution in [3.05, 3.63) is 54.1 Å². The van der Waals surface area contributed by atoms with E-state index in [-0.39, 0.29) is 10.6 Å². The Morgan fingerprint density at radius 2 is 1.77 bits per heavy atom. The van der Waals surface area contributed by atoms with Crippen LogP contribution in [0.5, 0.6) is 11.5 Å². The lowest BCUT2D eigenvalue weighted by Crippen LogP contribution is -2.34. The van der Waals surface area contributed by atoms with E-state index in [1.807, 2.05) is 30.3 Å². The molecule has 0 saturated carbocycles. The Morgan fingerprint density at radius 3 is 2.42 bits per heavy atom. The van der Waals surface area contributed by atoms with E-state index in [9.17, 15) is 13.2 Å². The topological polar surface area (TPSA) is 106 Å². The molecule has 0 unspecified atom stereocenters. The predicted octanol–water partition coefficient (Wildman–Crippen LogP) is 1.13. The molecule has 0 aliphatic heterocycles. The van der Waals surface area contributed by atoms with Crippen LogP contribution in [0.2, 0.25) is 0 Å². The number of hydrogen-bond donors (Lipinski definition) is 2. The van der Waals surface area contributed by atoms with Crippen LogP contribution in [0.1, 0.15) is 5.56 Å². The molecule has 2 aromatic carbocycles. The summed E-state index contributed by atoms with van der Waals surface area (Å²) in [5.74, 6) is 0.0768. The Labute approximate surface area is 151 Å². The van der Waals surface area contributed by atoms with E-state index in [1.54, 1.807) is 0 Å². The van der Waals surface area contributed by atoms with Gasteiger partial charge in [0.2, 0.25) is 10.0 Å². The lowest BCUT2D eigenvalue weighted by Gasteiger charge is -2.10. The highest BCUT2D eigenvalue weighted by atomic mass is 32.2. The Balaban J connectivity index is 1.95. The Kier molecular flexibility index (Phi) is 6.70. The summed E-state index contributed by atoms with van der Waals surface area (Å²) >= 11 is 0. The van der Waals surface area contributed by atoms with Gasteiger partial charge in [0.1, 0.15) is 0 Å². The van der Waals surface area contributed by atoms with Crippen molar-refractivity contribution in [2.45, 2.75) is 4.90 Å².